The highest BCUT2D eigenvalue weighted by molar-refractivity contribution is 6.02. The number of amides is 2. The third kappa shape index (κ3) is 4.71. The van der Waals surface area contributed by atoms with Gasteiger partial charge in [-0.05, 0) is 36.6 Å². The number of anilines is 1. The minimum Gasteiger partial charge on any atom is -0.496 e. The van der Waals surface area contributed by atoms with Gasteiger partial charge in [0.05, 0.1) is 26.9 Å². The van der Waals surface area contributed by atoms with Crippen LogP contribution >= 0.6 is 0 Å². The Morgan fingerprint density at radius 3 is 2.44 bits per heavy atom. The average Bonchev–Trinajstić information content (AvgIpc) is 3.20. The van der Waals surface area contributed by atoms with Gasteiger partial charge in [0.25, 0.3) is 5.91 Å². The van der Waals surface area contributed by atoms with Crippen LogP contribution in [0.2, 0.25) is 0 Å². The van der Waals surface area contributed by atoms with Gasteiger partial charge in [-0.2, -0.15) is 0 Å². The second kappa shape index (κ2) is 10.3. The van der Waals surface area contributed by atoms with Crippen molar-refractivity contribution in [3.63, 3.8) is 0 Å². The second-order valence-electron chi connectivity index (χ2n) is 8.98. The summed E-state index contributed by atoms with van der Waals surface area (Å²) in [6.07, 6.45) is 2.21. The minimum atomic E-state index is -0.749. The molecular weight excluding hydrogens is 466 g/mol. The predicted molar refractivity (Wildman–Crippen MR) is 130 cm³/mol. The predicted octanol–water partition coefficient (Wildman–Crippen LogP) is 2.97. The Hall–Kier alpha value is -4.08. The van der Waals surface area contributed by atoms with Crippen LogP contribution in [0.1, 0.15) is 36.2 Å². The van der Waals surface area contributed by atoms with E-state index in [1.165, 1.54) is 37.4 Å². The number of benzene rings is 1. The molecule has 1 aromatic carbocycles. The highest BCUT2D eigenvalue weighted by Crippen LogP contribution is 2.45. The Labute approximate surface area is 209 Å². The molecule has 0 saturated carbocycles. The van der Waals surface area contributed by atoms with Gasteiger partial charge in [-0.25, -0.2) is 9.78 Å². The molecule has 0 aliphatic carbocycles. The van der Waals surface area contributed by atoms with Gasteiger partial charge in [-0.15, -0.1) is 0 Å². The lowest BCUT2D eigenvalue weighted by Crippen LogP contribution is -2.46. The van der Waals surface area contributed by atoms with E-state index >= 15 is 0 Å². The zero-order valence-electron chi connectivity index (χ0n) is 20.9. The number of hydrogen-bond donors (Lipinski definition) is 1. The molecule has 0 radical (unpaired) electrons. The number of nitrogens with one attached hydrogen (secondary N) is 1. The smallest absolute Gasteiger partial charge is 0.339 e. The maximum Gasteiger partial charge on any atom is 0.339 e. The standard InChI is InChI=1S/C26H29N3O7/c1-14(2)10-18(24(30)28-21-9-6-15(12-27-21)26(32)35-5)29-13-16-11-17-19(33-3)7-8-20(34-4)23(17)36-22(16)25(29)31/h6-9,12,14,18H,10-11,13H2,1-5H3,(H,27,28,30). The molecule has 0 spiro atoms. The lowest BCUT2D eigenvalue weighted by atomic mass is 9.99. The molecule has 10 heteroatoms. The monoisotopic (exact) mass is 495 g/mol. The zero-order chi connectivity index (χ0) is 26.0. The Balaban J connectivity index is 1.56. The van der Waals surface area contributed by atoms with E-state index in [2.05, 4.69) is 15.0 Å². The molecule has 190 valence electrons. The van der Waals surface area contributed by atoms with Crippen molar-refractivity contribution in [1.29, 1.82) is 0 Å². The number of fused-ring (bicyclic) bond motifs is 1. The molecule has 1 unspecified atom stereocenters. The van der Waals surface area contributed by atoms with E-state index in [0.717, 1.165) is 11.1 Å². The highest BCUT2D eigenvalue weighted by atomic mass is 16.5. The van der Waals surface area contributed by atoms with Crippen LogP contribution in [0.4, 0.5) is 5.82 Å². The number of nitrogens with zero attached hydrogens (tertiary/aromatic N) is 2. The van der Waals surface area contributed by atoms with Crippen molar-refractivity contribution < 1.29 is 33.3 Å². The number of esters is 1. The first-order valence-corrected chi connectivity index (χ1v) is 11.6. The fourth-order valence-corrected chi connectivity index (χ4v) is 4.41. The number of methoxy groups -OCH3 is 3. The molecule has 0 saturated heterocycles. The molecule has 1 N–H and O–H groups in total. The third-order valence-electron chi connectivity index (χ3n) is 6.16. The Morgan fingerprint density at radius 2 is 1.83 bits per heavy atom. The van der Waals surface area contributed by atoms with E-state index < -0.39 is 12.0 Å². The van der Waals surface area contributed by atoms with Gasteiger partial charge >= 0.3 is 5.97 Å². The van der Waals surface area contributed by atoms with Crippen LogP contribution in [0.25, 0.3) is 0 Å². The van der Waals surface area contributed by atoms with Gasteiger partial charge in [0, 0.05) is 30.3 Å². The van der Waals surface area contributed by atoms with Crippen molar-refractivity contribution in [2.24, 2.45) is 5.92 Å². The lowest BCUT2D eigenvalue weighted by Gasteiger charge is -2.28. The van der Waals surface area contributed by atoms with Crippen molar-refractivity contribution >= 4 is 23.6 Å². The van der Waals surface area contributed by atoms with Crippen LogP contribution in [-0.2, 0) is 20.7 Å². The maximum atomic E-state index is 13.5. The lowest BCUT2D eigenvalue weighted by molar-refractivity contribution is -0.135. The van der Waals surface area contributed by atoms with Crippen molar-refractivity contribution in [2.45, 2.75) is 32.7 Å². The summed E-state index contributed by atoms with van der Waals surface area (Å²) >= 11 is 0. The summed E-state index contributed by atoms with van der Waals surface area (Å²) in [5.74, 6) is 0.970. The summed E-state index contributed by atoms with van der Waals surface area (Å²) in [6.45, 7) is 4.23. The van der Waals surface area contributed by atoms with Crippen molar-refractivity contribution in [3.8, 4) is 17.2 Å². The van der Waals surface area contributed by atoms with Crippen LogP contribution < -0.4 is 19.5 Å². The molecule has 0 fully saturated rings. The number of pyridine rings is 1. The van der Waals surface area contributed by atoms with Crippen molar-refractivity contribution in [2.75, 3.05) is 33.2 Å². The third-order valence-corrected chi connectivity index (χ3v) is 6.16. The first-order chi connectivity index (χ1) is 17.3. The molecule has 1 atom stereocenters. The summed E-state index contributed by atoms with van der Waals surface area (Å²) in [7, 11) is 4.39. The Bertz CT molecular complexity index is 1220. The molecule has 2 aliphatic heterocycles. The summed E-state index contributed by atoms with van der Waals surface area (Å²) < 4.78 is 21.7. The quantitative estimate of drug-likeness (QED) is 0.556. The second-order valence-corrected chi connectivity index (χ2v) is 8.98. The van der Waals surface area contributed by atoms with Gasteiger partial charge in [0.1, 0.15) is 17.6 Å². The summed E-state index contributed by atoms with van der Waals surface area (Å²) in [6, 6.07) is 5.81. The van der Waals surface area contributed by atoms with Crippen LogP contribution in [-0.4, -0.2) is 61.6 Å². The molecular formula is C26H29N3O7. The molecule has 10 nitrogen and oxygen atoms in total. The first kappa shape index (κ1) is 25.0. The summed E-state index contributed by atoms with van der Waals surface area (Å²) in [4.78, 5) is 44.1. The number of ether oxygens (including phenoxy) is 4. The first-order valence-electron chi connectivity index (χ1n) is 11.6. The number of carbonyl (C=O) groups is 3. The number of rotatable bonds is 8. The molecule has 2 amide bonds. The zero-order valence-corrected chi connectivity index (χ0v) is 20.9. The molecule has 2 aromatic rings. The van der Waals surface area contributed by atoms with E-state index in [0.29, 0.717) is 30.1 Å². The fraction of sp³-hybridized carbons (Fsp3) is 0.385. The molecule has 2 aliphatic rings. The van der Waals surface area contributed by atoms with E-state index in [1.54, 1.807) is 19.2 Å². The largest absolute Gasteiger partial charge is 0.496 e. The number of aromatic nitrogens is 1. The fourth-order valence-electron chi connectivity index (χ4n) is 4.41. The van der Waals surface area contributed by atoms with E-state index in [9.17, 15) is 14.4 Å². The van der Waals surface area contributed by atoms with Gasteiger partial charge < -0.3 is 29.2 Å². The summed E-state index contributed by atoms with van der Waals surface area (Å²) in [5, 5.41) is 2.77. The van der Waals surface area contributed by atoms with Gasteiger partial charge in [-0.1, -0.05) is 13.8 Å². The molecule has 4 rings (SSSR count). The number of hydrogen-bond acceptors (Lipinski definition) is 8. The van der Waals surface area contributed by atoms with Gasteiger partial charge in [0.2, 0.25) is 5.91 Å². The van der Waals surface area contributed by atoms with E-state index in [-0.39, 0.29) is 41.4 Å². The maximum absolute atomic E-state index is 13.5. The van der Waals surface area contributed by atoms with E-state index in [1.807, 2.05) is 13.8 Å². The number of carbonyl (C=O) groups excluding carboxylic acids is 3. The normalized spacial score (nSPS) is 15.2. The van der Waals surface area contributed by atoms with Gasteiger partial charge in [-0.3, -0.25) is 9.59 Å². The summed E-state index contributed by atoms with van der Waals surface area (Å²) in [5.41, 5.74) is 1.84. The molecule has 0 bridgehead atoms. The van der Waals surface area contributed by atoms with Crippen LogP contribution in [0.15, 0.2) is 41.8 Å². The Kier molecular flexibility index (Phi) is 7.14. The molecule has 3 heterocycles. The topological polar surface area (TPSA) is 116 Å². The molecule has 1 aromatic heterocycles. The van der Waals surface area contributed by atoms with Gasteiger partial charge in [0.15, 0.2) is 17.3 Å². The Morgan fingerprint density at radius 1 is 1.11 bits per heavy atom. The molecule has 36 heavy (non-hydrogen) atoms. The highest BCUT2D eigenvalue weighted by Gasteiger charge is 2.43. The van der Waals surface area contributed by atoms with Crippen LogP contribution in [0.5, 0.6) is 17.2 Å². The van der Waals surface area contributed by atoms with Crippen LogP contribution in [0.3, 0.4) is 0 Å². The van der Waals surface area contributed by atoms with E-state index in [4.69, 9.17) is 14.2 Å². The minimum absolute atomic E-state index is 0.138. The van der Waals surface area contributed by atoms with Crippen LogP contribution in [0, 0.1) is 5.92 Å². The SMILES string of the molecule is COC(=O)c1ccc(NC(=O)C(CC(C)C)N2CC3=C(Oc4c(OC)ccc(OC)c4C3)C2=O)nc1. The van der Waals surface area contributed by atoms with Crippen molar-refractivity contribution in [3.05, 3.63) is 52.9 Å². The average molecular weight is 496 g/mol. The van der Waals surface area contributed by atoms with Crippen molar-refractivity contribution in [1.82, 2.24) is 9.88 Å².